The van der Waals surface area contributed by atoms with Gasteiger partial charge in [-0.25, -0.2) is 0 Å². The van der Waals surface area contributed by atoms with E-state index < -0.39 is 11.3 Å². The van der Waals surface area contributed by atoms with Gasteiger partial charge in [-0.05, 0) is 37.1 Å². The van der Waals surface area contributed by atoms with Crippen LogP contribution in [0.3, 0.4) is 0 Å². The van der Waals surface area contributed by atoms with Gasteiger partial charge >= 0.3 is 0 Å². The second kappa shape index (κ2) is 8.90. The Morgan fingerprint density at radius 2 is 1.69 bits per heavy atom. The van der Waals surface area contributed by atoms with Gasteiger partial charge in [0.15, 0.2) is 0 Å². The number of carbonyl (C=O) groups excluding carboxylic acids is 1. The third kappa shape index (κ3) is 4.93. The number of methoxy groups -OCH3 is 1. The van der Waals surface area contributed by atoms with Gasteiger partial charge in [0.2, 0.25) is 0 Å². The van der Waals surface area contributed by atoms with Crippen LogP contribution in [0.25, 0.3) is 5.57 Å². The lowest BCUT2D eigenvalue weighted by Crippen LogP contribution is -2.31. The highest BCUT2D eigenvalue weighted by Gasteiger charge is 2.27. The molecule has 0 aliphatic heterocycles. The average molecular weight is 431 g/mol. The van der Waals surface area contributed by atoms with Gasteiger partial charge in [0.25, 0.3) is 5.91 Å². The Balaban J connectivity index is 2.60. The Morgan fingerprint density at radius 1 is 1.07 bits per heavy atom. The fourth-order valence-electron chi connectivity index (χ4n) is 3.02. The summed E-state index contributed by atoms with van der Waals surface area (Å²) in [4.78, 5) is 13.0. The summed E-state index contributed by atoms with van der Waals surface area (Å²) in [5, 5.41) is 13.1. The first-order chi connectivity index (χ1) is 13.5. The molecule has 2 rings (SSSR count). The molecular weight excluding hydrogens is 407 g/mol. The molecule has 0 aliphatic rings. The van der Waals surface area contributed by atoms with Crippen molar-refractivity contribution in [1.29, 1.82) is 5.26 Å². The van der Waals surface area contributed by atoms with Crippen LogP contribution in [0.15, 0.2) is 36.0 Å². The molecule has 0 unspecified atom stereocenters. The van der Waals surface area contributed by atoms with Gasteiger partial charge in [0, 0.05) is 11.1 Å². The lowest BCUT2D eigenvalue weighted by molar-refractivity contribution is 0.0958. The number of halogens is 2. The first kappa shape index (κ1) is 22.8. The number of allylic oxidation sites excluding steroid dienone is 2. The molecule has 0 atom stereocenters. The maximum atomic E-state index is 13.0. The molecule has 29 heavy (non-hydrogen) atoms. The molecule has 0 spiro atoms. The second-order valence-corrected chi connectivity index (χ2v) is 8.58. The number of amides is 1. The minimum atomic E-state index is -0.499. The van der Waals surface area contributed by atoms with Crippen molar-refractivity contribution < 1.29 is 9.53 Å². The van der Waals surface area contributed by atoms with E-state index in [9.17, 15) is 10.1 Å². The summed E-state index contributed by atoms with van der Waals surface area (Å²) in [6, 6.07) is 11.3. The quantitative estimate of drug-likeness (QED) is 0.576. The molecule has 4 nitrogen and oxygen atoms in total. The topological polar surface area (TPSA) is 62.1 Å². The largest absolute Gasteiger partial charge is 0.495 e. The van der Waals surface area contributed by atoms with Crippen LogP contribution >= 0.6 is 23.2 Å². The number of rotatable bonds is 4. The van der Waals surface area contributed by atoms with Crippen molar-refractivity contribution in [2.75, 3.05) is 7.11 Å². The Kier molecular flexibility index (Phi) is 7.00. The third-order valence-electron chi connectivity index (χ3n) is 4.51. The molecule has 0 radical (unpaired) electrons. The first-order valence-electron chi connectivity index (χ1n) is 9.07. The zero-order chi connectivity index (χ0) is 21.9. The molecule has 152 valence electrons. The summed E-state index contributed by atoms with van der Waals surface area (Å²) in [5.74, 6) is -0.0604. The highest BCUT2D eigenvalue weighted by molar-refractivity contribution is 6.44. The van der Waals surface area contributed by atoms with Gasteiger partial charge in [-0.2, -0.15) is 5.26 Å². The molecule has 1 amide bonds. The van der Waals surface area contributed by atoms with E-state index in [1.807, 2.05) is 52.8 Å². The van der Waals surface area contributed by atoms with E-state index in [-0.39, 0.29) is 15.6 Å². The number of aryl methyl sites for hydroxylation is 2. The van der Waals surface area contributed by atoms with Crippen LogP contribution in [0.4, 0.5) is 0 Å². The Hall–Kier alpha value is -2.48. The fraction of sp³-hybridized carbons (Fsp3) is 0.304. The normalized spacial score (nSPS) is 12.1. The number of carbonyl (C=O) groups is 1. The van der Waals surface area contributed by atoms with Crippen molar-refractivity contribution >= 4 is 34.7 Å². The number of hydrogen-bond donors (Lipinski definition) is 1. The molecule has 2 aromatic rings. The zero-order valence-electron chi connectivity index (χ0n) is 17.4. The maximum absolute atomic E-state index is 13.0. The van der Waals surface area contributed by atoms with Crippen molar-refractivity contribution in [2.24, 2.45) is 5.41 Å². The van der Waals surface area contributed by atoms with Gasteiger partial charge < -0.3 is 10.1 Å². The molecule has 1 N–H and O–H groups in total. The average Bonchev–Trinajstić information content (AvgIpc) is 2.64. The molecular formula is C23H24Cl2N2O2. The lowest BCUT2D eigenvalue weighted by atomic mass is 9.85. The number of nitrogens with zero attached hydrogens (tertiary/aromatic N) is 1. The van der Waals surface area contributed by atoms with Gasteiger partial charge in [-0.15, -0.1) is 0 Å². The molecule has 0 fully saturated rings. The molecule has 6 heteroatoms. The Morgan fingerprint density at radius 3 is 2.21 bits per heavy atom. The van der Waals surface area contributed by atoms with E-state index in [0.29, 0.717) is 17.0 Å². The Labute approximate surface area is 182 Å². The predicted octanol–water partition coefficient (Wildman–Crippen LogP) is 6.33. The molecule has 0 aromatic heterocycles. The van der Waals surface area contributed by atoms with Crippen molar-refractivity contribution in [2.45, 2.75) is 34.6 Å². The van der Waals surface area contributed by atoms with Crippen LogP contribution in [0.2, 0.25) is 10.0 Å². The molecule has 0 saturated heterocycles. The molecule has 0 aliphatic carbocycles. The zero-order valence-corrected chi connectivity index (χ0v) is 18.9. The van der Waals surface area contributed by atoms with Gasteiger partial charge in [-0.1, -0.05) is 67.7 Å². The van der Waals surface area contributed by atoms with Crippen LogP contribution in [0.1, 0.15) is 47.8 Å². The van der Waals surface area contributed by atoms with Crippen LogP contribution in [-0.4, -0.2) is 13.0 Å². The molecule has 0 saturated carbocycles. The maximum Gasteiger partial charge on any atom is 0.257 e. The summed E-state index contributed by atoms with van der Waals surface area (Å²) in [5.41, 5.74) is 3.48. The van der Waals surface area contributed by atoms with Crippen molar-refractivity contribution in [3.63, 3.8) is 0 Å². The van der Waals surface area contributed by atoms with Crippen LogP contribution in [0, 0.1) is 30.6 Å². The van der Waals surface area contributed by atoms with Crippen molar-refractivity contribution in [3.05, 3.63) is 68.3 Å². The van der Waals surface area contributed by atoms with E-state index >= 15 is 0 Å². The van der Waals surface area contributed by atoms with E-state index in [2.05, 4.69) is 11.4 Å². The summed E-state index contributed by atoms with van der Waals surface area (Å²) >= 11 is 12.5. The second-order valence-electron chi connectivity index (χ2n) is 7.83. The van der Waals surface area contributed by atoms with E-state index in [1.54, 1.807) is 12.1 Å². The minimum Gasteiger partial charge on any atom is -0.495 e. The van der Waals surface area contributed by atoms with Crippen LogP contribution < -0.4 is 10.1 Å². The monoisotopic (exact) mass is 430 g/mol. The summed E-state index contributed by atoms with van der Waals surface area (Å²) in [6.07, 6.45) is 0. The number of ether oxygens (including phenoxy) is 1. The number of hydrogen-bond acceptors (Lipinski definition) is 3. The fourth-order valence-corrected chi connectivity index (χ4v) is 3.50. The molecule has 0 heterocycles. The number of benzene rings is 2. The van der Waals surface area contributed by atoms with Gasteiger partial charge in [0.05, 0.1) is 23.3 Å². The Bertz CT molecular complexity index is 1030. The standard InChI is InChI=1S/C23H24Cl2N2O2/c1-13-7-8-15(14(2)11-13)17(12-26)21(23(3,4)5)27-22(28)16-9-10-18(29-6)20(25)19(16)24/h7-11H,1-6H3,(H,27,28). The minimum absolute atomic E-state index is 0.0989. The van der Waals surface area contributed by atoms with Gasteiger partial charge in [-0.3, -0.25) is 4.79 Å². The van der Waals surface area contributed by atoms with E-state index in [0.717, 1.165) is 16.7 Å². The van der Waals surface area contributed by atoms with Gasteiger partial charge in [0.1, 0.15) is 16.8 Å². The van der Waals surface area contributed by atoms with Crippen molar-refractivity contribution in [1.82, 2.24) is 5.32 Å². The number of nitriles is 1. The van der Waals surface area contributed by atoms with Crippen LogP contribution in [-0.2, 0) is 0 Å². The SMILES string of the molecule is COc1ccc(C(=O)NC(=C(C#N)c2ccc(C)cc2C)C(C)(C)C)c(Cl)c1Cl. The molecule has 2 aromatic carbocycles. The summed E-state index contributed by atoms with van der Waals surface area (Å²) in [7, 11) is 1.47. The first-order valence-corrected chi connectivity index (χ1v) is 9.82. The smallest absolute Gasteiger partial charge is 0.257 e. The number of nitrogens with one attached hydrogen (secondary N) is 1. The predicted molar refractivity (Wildman–Crippen MR) is 118 cm³/mol. The highest BCUT2D eigenvalue weighted by Crippen LogP contribution is 2.36. The van der Waals surface area contributed by atoms with E-state index in [1.165, 1.54) is 7.11 Å². The summed E-state index contributed by atoms with van der Waals surface area (Å²) in [6.45, 7) is 9.75. The van der Waals surface area contributed by atoms with E-state index in [4.69, 9.17) is 27.9 Å². The lowest BCUT2D eigenvalue weighted by Gasteiger charge is -2.26. The van der Waals surface area contributed by atoms with Crippen LogP contribution in [0.5, 0.6) is 5.75 Å². The summed E-state index contributed by atoms with van der Waals surface area (Å²) < 4.78 is 5.13. The highest BCUT2D eigenvalue weighted by atomic mass is 35.5. The molecule has 0 bridgehead atoms. The third-order valence-corrected chi connectivity index (χ3v) is 5.38. The van der Waals surface area contributed by atoms with Crippen molar-refractivity contribution in [3.8, 4) is 11.8 Å².